The molecule has 4 aromatic rings. The van der Waals surface area contributed by atoms with E-state index in [0.29, 0.717) is 22.4 Å². The highest BCUT2D eigenvalue weighted by Crippen LogP contribution is 2.54. The van der Waals surface area contributed by atoms with Gasteiger partial charge >= 0.3 is 5.97 Å². The molecule has 190 valence electrons. The third-order valence-corrected chi connectivity index (χ3v) is 8.52. The number of hydrogen-bond donors (Lipinski definition) is 1. The van der Waals surface area contributed by atoms with Gasteiger partial charge in [-0.15, -0.1) is 21.5 Å². The second-order valence-electron chi connectivity index (χ2n) is 8.88. The van der Waals surface area contributed by atoms with Crippen LogP contribution >= 0.6 is 23.1 Å². The van der Waals surface area contributed by atoms with Crippen LogP contribution < -0.4 is 5.32 Å². The second-order valence-corrected chi connectivity index (χ2v) is 11.0. The lowest BCUT2D eigenvalue weighted by Gasteiger charge is -2.09. The van der Waals surface area contributed by atoms with Crippen molar-refractivity contribution in [2.24, 2.45) is 0 Å². The van der Waals surface area contributed by atoms with Gasteiger partial charge in [0.25, 0.3) is 0 Å². The van der Waals surface area contributed by atoms with Gasteiger partial charge in [-0.05, 0) is 37.3 Å². The molecular formula is C28H28N4O3S2. The predicted octanol–water partition coefficient (Wildman–Crippen LogP) is 6.12. The number of anilines is 1. The van der Waals surface area contributed by atoms with E-state index < -0.39 is 5.97 Å². The van der Waals surface area contributed by atoms with Crippen LogP contribution in [-0.2, 0) is 16.1 Å². The van der Waals surface area contributed by atoms with Crippen LogP contribution in [0, 0.1) is 6.92 Å². The summed E-state index contributed by atoms with van der Waals surface area (Å²) in [5.74, 6) is 1.27. The molecule has 2 unspecified atom stereocenters. The van der Waals surface area contributed by atoms with Crippen LogP contribution in [-0.4, -0.2) is 39.5 Å². The van der Waals surface area contributed by atoms with Gasteiger partial charge in [0.05, 0.1) is 12.9 Å². The summed E-state index contributed by atoms with van der Waals surface area (Å²) in [4.78, 5) is 26.6. The Kier molecular flexibility index (Phi) is 7.43. The molecule has 1 fully saturated rings. The number of esters is 1. The number of ether oxygens (including phenoxy) is 1. The molecule has 0 saturated heterocycles. The first-order chi connectivity index (χ1) is 18.0. The molecule has 2 aromatic heterocycles. The summed E-state index contributed by atoms with van der Waals surface area (Å²) in [6, 6.07) is 20.1. The standard InChI is InChI=1S/C28H28N4O3S2/c1-4-32-25(21-15-20(21)18-11-7-5-8-12-18)30-31-28(32)36-16-22(33)29-26-24(27(34)35-3)23(17(2)37-26)19-13-9-6-10-14-19/h5-14,20-21H,4,15-16H2,1-3H3,(H,29,33). The SMILES string of the molecule is CCn1c(SCC(=O)Nc2sc(C)c(-c3ccccc3)c2C(=O)OC)nnc1C1CC1c1ccccc1. The lowest BCUT2D eigenvalue weighted by atomic mass is 10.0. The van der Waals surface area contributed by atoms with E-state index in [1.807, 2.05) is 43.3 Å². The number of amides is 1. The van der Waals surface area contributed by atoms with Crippen molar-refractivity contribution in [2.45, 2.75) is 43.8 Å². The summed E-state index contributed by atoms with van der Waals surface area (Å²) in [5.41, 5.74) is 3.40. The van der Waals surface area contributed by atoms with Crippen molar-refractivity contribution in [1.82, 2.24) is 14.8 Å². The number of hydrogen-bond acceptors (Lipinski definition) is 7. The minimum atomic E-state index is -0.473. The first-order valence-corrected chi connectivity index (χ1v) is 14.0. The zero-order chi connectivity index (χ0) is 25.9. The number of thiophene rings is 1. The van der Waals surface area contributed by atoms with E-state index in [0.717, 1.165) is 40.0 Å². The zero-order valence-electron chi connectivity index (χ0n) is 20.9. The number of carbonyl (C=O) groups is 2. The van der Waals surface area contributed by atoms with Crippen molar-refractivity contribution < 1.29 is 14.3 Å². The molecule has 1 aliphatic rings. The predicted molar refractivity (Wildman–Crippen MR) is 147 cm³/mol. The van der Waals surface area contributed by atoms with Gasteiger partial charge in [-0.2, -0.15) is 0 Å². The molecule has 7 nitrogen and oxygen atoms in total. The number of nitrogens with one attached hydrogen (secondary N) is 1. The van der Waals surface area contributed by atoms with Gasteiger partial charge in [0.2, 0.25) is 5.91 Å². The molecule has 2 atom stereocenters. The number of thioether (sulfide) groups is 1. The molecule has 1 aliphatic carbocycles. The van der Waals surface area contributed by atoms with Crippen LogP contribution in [0.25, 0.3) is 11.1 Å². The molecule has 1 N–H and O–H groups in total. The van der Waals surface area contributed by atoms with Crippen LogP contribution in [0.4, 0.5) is 5.00 Å². The van der Waals surface area contributed by atoms with Gasteiger partial charge < -0.3 is 14.6 Å². The van der Waals surface area contributed by atoms with E-state index in [4.69, 9.17) is 4.74 Å². The number of rotatable bonds is 9. The fourth-order valence-corrected chi connectivity index (χ4v) is 6.59. The molecule has 2 aromatic carbocycles. The number of benzene rings is 2. The van der Waals surface area contributed by atoms with Crippen molar-refractivity contribution >= 4 is 40.0 Å². The van der Waals surface area contributed by atoms with E-state index >= 15 is 0 Å². The summed E-state index contributed by atoms with van der Waals surface area (Å²) in [7, 11) is 1.35. The Morgan fingerprint density at radius 2 is 1.78 bits per heavy atom. The smallest absolute Gasteiger partial charge is 0.341 e. The number of methoxy groups -OCH3 is 1. The Labute approximate surface area is 224 Å². The van der Waals surface area contributed by atoms with Gasteiger partial charge in [-0.3, -0.25) is 4.79 Å². The highest BCUT2D eigenvalue weighted by molar-refractivity contribution is 7.99. The zero-order valence-corrected chi connectivity index (χ0v) is 22.6. The van der Waals surface area contributed by atoms with Crippen molar-refractivity contribution in [3.8, 4) is 11.1 Å². The van der Waals surface area contributed by atoms with Crippen molar-refractivity contribution in [3.63, 3.8) is 0 Å². The maximum absolute atomic E-state index is 13.0. The van der Waals surface area contributed by atoms with Gasteiger partial charge in [0, 0.05) is 22.9 Å². The van der Waals surface area contributed by atoms with Gasteiger partial charge in [0.1, 0.15) is 16.4 Å². The lowest BCUT2D eigenvalue weighted by Crippen LogP contribution is -2.16. The summed E-state index contributed by atoms with van der Waals surface area (Å²) >= 11 is 2.73. The number of carbonyl (C=O) groups excluding carboxylic acids is 2. The molecule has 0 bridgehead atoms. The Morgan fingerprint density at radius 3 is 2.46 bits per heavy atom. The first kappa shape index (κ1) is 25.2. The molecule has 2 heterocycles. The van der Waals surface area contributed by atoms with Crippen molar-refractivity contribution in [2.75, 3.05) is 18.2 Å². The Balaban J connectivity index is 1.29. The fraction of sp³-hybridized carbons (Fsp3) is 0.286. The summed E-state index contributed by atoms with van der Waals surface area (Å²) in [6.45, 7) is 4.75. The van der Waals surface area contributed by atoms with Crippen LogP contribution in [0.3, 0.4) is 0 Å². The molecule has 5 rings (SSSR count). The van der Waals surface area contributed by atoms with Crippen molar-refractivity contribution in [1.29, 1.82) is 0 Å². The lowest BCUT2D eigenvalue weighted by molar-refractivity contribution is -0.113. The molecule has 37 heavy (non-hydrogen) atoms. The summed E-state index contributed by atoms with van der Waals surface area (Å²) in [6.07, 6.45) is 1.06. The highest BCUT2D eigenvalue weighted by Gasteiger charge is 2.43. The Bertz CT molecular complexity index is 1420. The maximum atomic E-state index is 13.0. The minimum absolute atomic E-state index is 0.156. The third-order valence-electron chi connectivity index (χ3n) is 6.53. The first-order valence-electron chi connectivity index (χ1n) is 12.2. The minimum Gasteiger partial charge on any atom is -0.465 e. The second kappa shape index (κ2) is 10.9. The molecule has 1 amide bonds. The van der Waals surface area contributed by atoms with Crippen LogP contribution in [0.15, 0.2) is 65.8 Å². The monoisotopic (exact) mass is 532 g/mol. The van der Waals surface area contributed by atoms with E-state index in [1.54, 1.807) is 0 Å². The fourth-order valence-electron chi connectivity index (χ4n) is 4.70. The third kappa shape index (κ3) is 5.19. The van der Waals surface area contributed by atoms with Crippen LogP contribution in [0.1, 0.15) is 51.8 Å². The van der Waals surface area contributed by atoms with E-state index in [9.17, 15) is 9.59 Å². The quantitative estimate of drug-likeness (QED) is 0.206. The molecule has 1 saturated carbocycles. The Morgan fingerprint density at radius 1 is 1.08 bits per heavy atom. The number of aromatic nitrogens is 3. The maximum Gasteiger partial charge on any atom is 0.341 e. The average molecular weight is 533 g/mol. The van der Waals surface area contributed by atoms with Gasteiger partial charge in [-0.25, -0.2) is 4.79 Å². The normalized spacial score (nSPS) is 16.4. The van der Waals surface area contributed by atoms with Crippen LogP contribution in [0.2, 0.25) is 0 Å². The Hall–Kier alpha value is -3.43. The largest absolute Gasteiger partial charge is 0.465 e. The number of aryl methyl sites for hydroxylation is 1. The van der Waals surface area contributed by atoms with Gasteiger partial charge in [0.15, 0.2) is 5.16 Å². The molecule has 0 aliphatic heterocycles. The highest BCUT2D eigenvalue weighted by atomic mass is 32.2. The van der Waals surface area contributed by atoms with Gasteiger partial charge in [-0.1, -0.05) is 72.4 Å². The topological polar surface area (TPSA) is 86.1 Å². The molecule has 0 radical (unpaired) electrons. The van der Waals surface area contributed by atoms with Crippen molar-refractivity contribution in [3.05, 3.63) is 82.5 Å². The molecule has 0 spiro atoms. The van der Waals surface area contributed by atoms with E-state index in [1.165, 1.54) is 35.8 Å². The summed E-state index contributed by atoms with van der Waals surface area (Å²) in [5, 5.41) is 13.0. The van der Waals surface area contributed by atoms with E-state index in [-0.39, 0.29) is 11.7 Å². The summed E-state index contributed by atoms with van der Waals surface area (Å²) < 4.78 is 7.16. The van der Waals surface area contributed by atoms with Crippen LogP contribution in [0.5, 0.6) is 0 Å². The molecular weight excluding hydrogens is 504 g/mol. The van der Waals surface area contributed by atoms with E-state index in [2.05, 4.69) is 51.3 Å². The molecule has 9 heteroatoms. The average Bonchev–Trinajstić information content (AvgIpc) is 3.51. The number of nitrogens with zero attached hydrogens (tertiary/aromatic N) is 3.